The van der Waals surface area contributed by atoms with Crippen LogP contribution in [0.2, 0.25) is 0 Å². The van der Waals surface area contributed by atoms with Gasteiger partial charge in [0.15, 0.2) is 0 Å². The van der Waals surface area contributed by atoms with Crippen molar-refractivity contribution in [3.63, 3.8) is 0 Å². The fourth-order valence-corrected chi connectivity index (χ4v) is 3.92. The van der Waals surface area contributed by atoms with E-state index in [1.165, 1.54) is 18.4 Å². The van der Waals surface area contributed by atoms with Gasteiger partial charge in [0.1, 0.15) is 0 Å². The van der Waals surface area contributed by atoms with Crippen LogP contribution in [0.1, 0.15) is 31.4 Å². The van der Waals surface area contributed by atoms with E-state index in [9.17, 15) is 0 Å². The third-order valence-corrected chi connectivity index (χ3v) is 4.84. The molecule has 2 heteroatoms. The smallest absolute Gasteiger partial charge is 0.0385 e. The second-order valence-electron chi connectivity index (χ2n) is 5.45. The molecule has 4 atom stereocenters. The van der Waals surface area contributed by atoms with Gasteiger partial charge in [-0.05, 0) is 31.2 Å². The summed E-state index contributed by atoms with van der Waals surface area (Å²) >= 11 is 6.23. The Bertz CT molecular complexity index is 428. The first-order valence-electron chi connectivity index (χ1n) is 6.88. The molecule has 1 aromatic rings. The fourth-order valence-electron chi connectivity index (χ4n) is 3.53. The molecule has 0 unspecified atom stereocenters. The number of hydrogen-bond donors (Lipinski definition) is 0. The minimum atomic E-state index is 0.452. The van der Waals surface area contributed by atoms with Gasteiger partial charge in [0.2, 0.25) is 0 Å². The molecule has 0 radical (unpaired) electrons. The molecule has 4 rings (SSSR count). The minimum absolute atomic E-state index is 0.452. The first-order chi connectivity index (χ1) is 8.81. The van der Waals surface area contributed by atoms with Gasteiger partial charge in [-0.25, -0.2) is 0 Å². The van der Waals surface area contributed by atoms with Crippen molar-refractivity contribution in [2.24, 2.45) is 5.92 Å². The van der Waals surface area contributed by atoms with E-state index in [-0.39, 0.29) is 0 Å². The second kappa shape index (κ2) is 5.07. The van der Waals surface area contributed by atoms with Crippen LogP contribution >= 0.6 is 11.6 Å². The molecule has 2 heterocycles. The molecule has 0 amide bonds. The summed E-state index contributed by atoms with van der Waals surface area (Å²) in [5.74, 6) is 1.39. The zero-order chi connectivity index (χ0) is 12.5. The highest BCUT2D eigenvalue weighted by atomic mass is 35.5. The summed E-state index contributed by atoms with van der Waals surface area (Å²) in [4.78, 5) is 2.62. The van der Waals surface area contributed by atoms with Crippen molar-refractivity contribution in [1.29, 1.82) is 0 Å². The van der Waals surface area contributed by atoms with Crippen LogP contribution in [0.5, 0.6) is 0 Å². The van der Waals surface area contributed by atoms with Gasteiger partial charge >= 0.3 is 0 Å². The number of piperidine rings is 1. The van der Waals surface area contributed by atoms with Crippen molar-refractivity contribution in [2.75, 3.05) is 5.88 Å². The summed E-state index contributed by atoms with van der Waals surface area (Å²) in [5, 5.41) is 0. The van der Waals surface area contributed by atoms with Gasteiger partial charge in [0.25, 0.3) is 0 Å². The molecule has 2 bridgehead atoms. The normalized spacial score (nSPS) is 32.7. The van der Waals surface area contributed by atoms with Gasteiger partial charge < -0.3 is 0 Å². The highest BCUT2D eigenvalue weighted by molar-refractivity contribution is 6.18. The summed E-state index contributed by atoms with van der Waals surface area (Å²) in [6.45, 7) is 2.31. The lowest BCUT2D eigenvalue weighted by atomic mass is 9.79. The Morgan fingerprint density at radius 1 is 1.22 bits per heavy atom. The molecule has 1 nitrogen and oxygen atoms in total. The van der Waals surface area contributed by atoms with E-state index in [0.717, 1.165) is 5.88 Å². The number of halogens is 1. The molecule has 0 N–H and O–H groups in total. The molecule has 96 valence electrons. The summed E-state index contributed by atoms with van der Waals surface area (Å²) in [5.41, 5.74) is 1.40. The van der Waals surface area contributed by atoms with E-state index >= 15 is 0 Å². The highest BCUT2D eigenvalue weighted by Crippen LogP contribution is 2.40. The first kappa shape index (κ1) is 12.3. The van der Waals surface area contributed by atoms with Gasteiger partial charge in [-0.15, -0.1) is 11.6 Å². The molecule has 1 aromatic carbocycles. The number of fused-ring (bicyclic) bond motifs is 2. The van der Waals surface area contributed by atoms with Gasteiger partial charge in [0.05, 0.1) is 0 Å². The summed E-state index contributed by atoms with van der Waals surface area (Å²) in [7, 11) is 0. The molecule has 18 heavy (non-hydrogen) atoms. The number of benzene rings is 1. The minimum Gasteiger partial charge on any atom is -0.285 e. The number of alkyl halides is 1. The van der Waals surface area contributed by atoms with E-state index in [0.29, 0.717) is 24.0 Å². The molecule has 1 aliphatic carbocycles. The van der Waals surface area contributed by atoms with Crippen LogP contribution in [-0.4, -0.2) is 22.9 Å². The average Bonchev–Trinajstić information content (AvgIpc) is 2.47. The standard InChI is InChI=1S/C16H20ClN/c1-12(13-5-3-2-4-6-13)18-15-9-7-14(8-10-15)16(18)11-17/h2-7,9,12,14-16H,8,10-11H2,1H3/t12-,14+,15-,16-/m1/s1. The van der Waals surface area contributed by atoms with Crippen molar-refractivity contribution >= 4 is 11.6 Å². The number of hydrogen-bond acceptors (Lipinski definition) is 1. The molecule has 0 aromatic heterocycles. The topological polar surface area (TPSA) is 3.24 Å². The predicted octanol–water partition coefficient (Wildman–Crippen LogP) is 4.01. The monoisotopic (exact) mass is 261 g/mol. The molecule has 0 saturated carbocycles. The van der Waals surface area contributed by atoms with Gasteiger partial charge in [0, 0.05) is 24.0 Å². The van der Waals surface area contributed by atoms with Crippen LogP contribution in [0.25, 0.3) is 0 Å². The Morgan fingerprint density at radius 2 is 2.00 bits per heavy atom. The second-order valence-corrected chi connectivity index (χ2v) is 5.76. The van der Waals surface area contributed by atoms with Crippen molar-refractivity contribution in [3.05, 3.63) is 48.0 Å². The van der Waals surface area contributed by atoms with Crippen LogP contribution in [0, 0.1) is 5.92 Å². The Hall–Kier alpha value is -0.790. The maximum Gasteiger partial charge on any atom is 0.0385 e. The number of nitrogens with zero attached hydrogens (tertiary/aromatic N) is 1. The summed E-state index contributed by atoms with van der Waals surface area (Å²) < 4.78 is 0. The molecule has 1 saturated heterocycles. The lowest BCUT2D eigenvalue weighted by Gasteiger charge is -2.50. The van der Waals surface area contributed by atoms with Gasteiger partial charge in [-0.2, -0.15) is 0 Å². The van der Waals surface area contributed by atoms with Crippen molar-refractivity contribution < 1.29 is 0 Å². The van der Waals surface area contributed by atoms with Crippen molar-refractivity contribution in [2.45, 2.75) is 37.9 Å². The quantitative estimate of drug-likeness (QED) is 0.587. The van der Waals surface area contributed by atoms with Crippen LogP contribution < -0.4 is 0 Å². The van der Waals surface area contributed by atoms with E-state index in [1.54, 1.807) is 0 Å². The summed E-state index contributed by atoms with van der Waals surface area (Å²) in [6.07, 6.45) is 7.36. The molecule has 1 fully saturated rings. The predicted molar refractivity (Wildman–Crippen MR) is 76.9 cm³/mol. The molecule has 3 aliphatic rings. The third kappa shape index (κ3) is 2.00. The van der Waals surface area contributed by atoms with Crippen LogP contribution in [-0.2, 0) is 0 Å². The fraction of sp³-hybridized carbons (Fsp3) is 0.500. The zero-order valence-electron chi connectivity index (χ0n) is 10.8. The van der Waals surface area contributed by atoms with Crippen LogP contribution in [0.15, 0.2) is 42.5 Å². The maximum atomic E-state index is 6.23. The van der Waals surface area contributed by atoms with E-state index in [2.05, 4.69) is 54.3 Å². The van der Waals surface area contributed by atoms with Gasteiger partial charge in [-0.3, -0.25) is 4.90 Å². The molecule has 2 aliphatic heterocycles. The Morgan fingerprint density at radius 3 is 2.61 bits per heavy atom. The van der Waals surface area contributed by atoms with Crippen molar-refractivity contribution in [1.82, 2.24) is 4.90 Å². The Kier molecular flexibility index (Phi) is 3.45. The average molecular weight is 262 g/mol. The lowest BCUT2D eigenvalue weighted by molar-refractivity contribution is 0.0407. The lowest BCUT2D eigenvalue weighted by Crippen LogP contribution is -2.54. The third-order valence-electron chi connectivity index (χ3n) is 4.52. The van der Waals surface area contributed by atoms with E-state index < -0.39 is 0 Å². The molecule has 0 spiro atoms. The van der Waals surface area contributed by atoms with E-state index in [1.807, 2.05) is 0 Å². The SMILES string of the molecule is C[C@H](c1ccccc1)N1[C@@H]2C=C[C@@H](CC2)[C@H]1CCl. The van der Waals surface area contributed by atoms with Gasteiger partial charge in [-0.1, -0.05) is 42.5 Å². The Labute approximate surface area is 114 Å². The van der Waals surface area contributed by atoms with Crippen molar-refractivity contribution in [3.8, 4) is 0 Å². The molecular weight excluding hydrogens is 242 g/mol. The Balaban J connectivity index is 1.89. The van der Waals surface area contributed by atoms with E-state index in [4.69, 9.17) is 11.6 Å². The largest absolute Gasteiger partial charge is 0.285 e. The van der Waals surface area contributed by atoms with Crippen LogP contribution in [0.4, 0.5) is 0 Å². The first-order valence-corrected chi connectivity index (χ1v) is 7.41. The summed E-state index contributed by atoms with van der Waals surface area (Å²) in [6, 6.07) is 12.3. The maximum absolute atomic E-state index is 6.23. The van der Waals surface area contributed by atoms with Crippen LogP contribution in [0.3, 0.4) is 0 Å². The number of rotatable bonds is 3. The molecular formula is C16H20ClN. The highest BCUT2D eigenvalue weighted by Gasteiger charge is 2.40. The zero-order valence-corrected chi connectivity index (χ0v) is 11.6.